The van der Waals surface area contributed by atoms with Crippen LogP contribution in [0.15, 0.2) is 154 Å². The Labute approximate surface area is 706 Å². The first-order valence-corrected chi connectivity index (χ1v) is 46.2. The number of hydrogen-bond donors (Lipinski definition) is 1. The van der Waals surface area contributed by atoms with Crippen molar-refractivity contribution in [2.75, 3.05) is 12.4 Å². The Morgan fingerprint density at radius 1 is 0.534 bits per heavy atom. The van der Waals surface area contributed by atoms with E-state index in [-0.39, 0.29) is 81.6 Å². The van der Waals surface area contributed by atoms with Gasteiger partial charge in [0.05, 0.1) is 71.3 Å². The number of fused-ring (bicyclic) bond motifs is 2. The predicted octanol–water partition coefficient (Wildman–Crippen LogP) is 20.0. The molecule has 10 aliphatic rings. The Morgan fingerprint density at radius 2 is 0.983 bits per heavy atom. The van der Waals surface area contributed by atoms with Gasteiger partial charge in [-0.2, -0.15) is 0 Å². The zero-order valence-electron chi connectivity index (χ0n) is 73.3. The van der Waals surface area contributed by atoms with E-state index in [0.29, 0.717) is 67.9 Å². The third-order valence-electron chi connectivity index (χ3n) is 27.0. The summed E-state index contributed by atoms with van der Waals surface area (Å²) in [6.45, 7) is 32.7. The van der Waals surface area contributed by atoms with Crippen molar-refractivity contribution in [3.63, 3.8) is 0 Å². The summed E-state index contributed by atoms with van der Waals surface area (Å²) in [5, 5.41) is 9.06. The van der Waals surface area contributed by atoms with Crippen molar-refractivity contribution in [2.24, 2.45) is 62.1 Å². The number of carbonyl (C=O) groups is 7. The second-order valence-corrected chi connectivity index (χ2v) is 41.7. The van der Waals surface area contributed by atoms with Crippen LogP contribution in [0.1, 0.15) is 264 Å². The van der Waals surface area contributed by atoms with Gasteiger partial charge < -0.3 is 47.6 Å². The van der Waals surface area contributed by atoms with Crippen LogP contribution in [0.5, 0.6) is 11.5 Å². The number of carbonyl (C=O) groups excluding carboxylic acids is 7. The smallest absolute Gasteiger partial charge is 0.316 e. The fraction of sp³-hybridized carbons (Fsp3) is 0.619. The monoisotopic (exact) mass is 1670 g/mol. The molecule has 9 fully saturated rings. The van der Waals surface area contributed by atoms with Gasteiger partial charge in [-0.1, -0.05) is 133 Å². The van der Waals surface area contributed by atoms with E-state index in [2.05, 4.69) is 122 Å². The number of benzene rings is 5. The van der Waals surface area contributed by atoms with Gasteiger partial charge in [-0.05, 0) is 295 Å². The maximum atomic E-state index is 12.8. The average Bonchev–Trinajstić information content (AvgIpc) is 0.906. The topological polar surface area (TPSA) is 271 Å². The molecule has 0 amide bonds. The van der Waals surface area contributed by atoms with E-state index in [1.807, 2.05) is 111 Å². The molecule has 3 aliphatic heterocycles. The molecule has 5 aromatic carbocycles. The van der Waals surface area contributed by atoms with E-state index in [1.54, 1.807) is 12.1 Å². The van der Waals surface area contributed by atoms with Crippen molar-refractivity contribution in [2.45, 2.75) is 321 Å². The van der Waals surface area contributed by atoms with Gasteiger partial charge in [0.15, 0.2) is 26.9 Å². The van der Waals surface area contributed by atoms with Crippen molar-refractivity contribution in [1.29, 1.82) is 0 Å². The molecule has 0 radical (unpaired) electrons. The molecule has 6 bridgehead atoms. The molecule has 3 saturated heterocycles. The fourth-order valence-electron chi connectivity index (χ4n) is 17.5. The predicted molar refractivity (Wildman–Crippen MR) is 455 cm³/mol. The Balaban J connectivity index is 0.000000163. The highest BCUT2D eigenvalue weighted by Gasteiger charge is 2.66. The molecular formula is C97H134O19S2. The third-order valence-corrected chi connectivity index (χ3v) is 29.9. The minimum absolute atomic E-state index is 0.0146. The first kappa shape index (κ1) is 94.3. The van der Waals surface area contributed by atoms with Crippen molar-refractivity contribution in [3.05, 3.63) is 151 Å². The lowest BCUT2D eigenvalue weighted by Gasteiger charge is -2.60. The molecule has 7 unspecified atom stereocenters. The summed E-state index contributed by atoms with van der Waals surface area (Å²) in [6.07, 6.45) is 20.8. The SMILES string of the molecule is CCC(C)(C)C(=O)OC(C)(C)C1Cc2ccccc2C1.CCC(C)(C)C(=O)OC1(C2CCCCC2)CCCC1.CCC(C)(C)C(=O)OC12CC3CC(C1)CC(C(=O)OCCS(=O)(=O)[O-])(C3)C2.CCC(C)(C)C(=O)OC1C2CC3C(=O)OC1C3O2.CCC(C)(C)C(=O)Oc1ccc(O)cc1.c1ccc([S+](c2ccccc2)c2ccccc2)cc1. The molecule has 21 heteroatoms. The summed E-state index contributed by atoms with van der Waals surface area (Å²) in [6, 6.07) is 46.8. The van der Waals surface area contributed by atoms with Crippen molar-refractivity contribution in [3.8, 4) is 11.5 Å². The minimum Gasteiger partial charge on any atom is -0.748 e. The molecule has 0 spiro atoms. The lowest BCUT2D eigenvalue weighted by molar-refractivity contribution is -0.217. The van der Waals surface area contributed by atoms with Crippen molar-refractivity contribution in [1.82, 2.24) is 0 Å². The van der Waals surface area contributed by atoms with Crippen LogP contribution in [0.25, 0.3) is 0 Å². The molecule has 7 aliphatic carbocycles. The van der Waals surface area contributed by atoms with E-state index in [9.17, 15) is 46.5 Å². The van der Waals surface area contributed by atoms with E-state index in [0.717, 1.165) is 64.2 Å². The summed E-state index contributed by atoms with van der Waals surface area (Å²) in [7, 11) is -4.43. The average molecular weight is 1670 g/mol. The quantitative estimate of drug-likeness (QED) is 0.0198. The second-order valence-electron chi connectivity index (χ2n) is 38.1. The second kappa shape index (κ2) is 39.5. The first-order chi connectivity index (χ1) is 55.5. The lowest BCUT2D eigenvalue weighted by atomic mass is 9.48. The molecule has 3 heterocycles. The van der Waals surface area contributed by atoms with Crippen LogP contribution in [0.2, 0.25) is 0 Å². The zero-order valence-corrected chi connectivity index (χ0v) is 74.9. The number of esters is 7. The molecule has 6 saturated carbocycles. The number of aromatic hydroxyl groups is 1. The summed E-state index contributed by atoms with van der Waals surface area (Å²) in [5.41, 5.74) is -1.36. The van der Waals surface area contributed by atoms with Gasteiger partial charge in [-0.25, -0.2) is 8.42 Å². The van der Waals surface area contributed by atoms with Crippen LogP contribution >= 0.6 is 0 Å². The highest BCUT2D eigenvalue weighted by atomic mass is 32.2. The van der Waals surface area contributed by atoms with Crippen molar-refractivity contribution >= 4 is 62.8 Å². The largest absolute Gasteiger partial charge is 0.748 e. The third kappa shape index (κ3) is 23.8. The maximum absolute atomic E-state index is 12.8. The number of ether oxygens (including phenoxy) is 8. The van der Waals surface area contributed by atoms with Crippen LogP contribution in [0.3, 0.4) is 0 Å². The van der Waals surface area contributed by atoms with E-state index < -0.39 is 78.9 Å². The Bertz CT molecular complexity index is 4160. The number of phenolic OH excluding ortho intramolecular Hbond substituents is 1. The van der Waals surface area contributed by atoms with Gasteiger partial charge in [-0.3, -0.25) is 33.6 Å². The summed E-state index contributed by atoms with van der Waals surface area (Å²) in [5.74, 6) is -0.0742. The number of rotatable bonds is 24. The molecule has 648 valence electrons. The highest BCUT2D eigenvalue weighted by Crippen LogP contribution is 2.64. The highest BCUT2D eigenvalue weighted by molar-refractivity contribution is 7.97. The van der Waals surface area contributed by atoms with Gasteiger partial charge in [0, 0.05) is 12.3 Å². The summed E-state index contributed by atoms with van der Waals surface area (Å²) < 4.78 is 77.1. The molecule has 1 N–H and O–H groups in total. The van der Waals surface area contributed by atoms with Gasteiger partial charge >= 0.3 is 41.8 Å². The Morgan fingerprint density at radius 3 is 1.46 bits per heavy atom. The summed E-state index contributed by atoms with van der Waals surface area (Å²) in [4.78, 5) is 89.6. The van der Waals surface area contributed by atoms with Crippen LogP contribution in [-0.4, -0.2) is 113 Å². The fourth-order valence-corrected chi connectivity index (χ4v) is 19.9. The van der Waals surface area contributed by atoms with Gasteiger partial charge in [0.1, 0.15) is 41.0 Å². The van der Waals surface area contributed by atoms with Gasteiger partial charge in [-0.15, -0.1) is 0 Å². The number of phenols is 1. The number of hydrogen-bond acceptors (Lipinski definition) is 19. The standard InChI is InChI=1S/C19H30O7S.C18H26O2.C18H15S.C17H30O2.C13H18O5.C12H16O3/c1-4-17(2,3)15(20)26-19-10-13-7-14(11-19)9-18(8-13,12-19)16(21)25-5-6-27(22,23)24;1-6-17(2,3)16(19)20-18(4,5)15-11-13-9-7-8-10-14(13)12-15;1-4-10-16(11-5-1)19(17-12-6-2-7-13-17)18-14-8-3-9-15-18;1-4-16(2,3)15(18)19-17(12-8-9-13-17)14-10-6-5-7-11-14;1-4-13(2,3)12(15)18-9-7-5-6-8(16-7)10(9)17-11(6)14;1-4-12(2,3)11(14)15-10-7-5-9(13)6-8-10/h13-14H,4-12H2,1-3H3,(H,22,23,24);7-10,15H,6,11-12H2,1-5H3;1-15H;14H,4-13H2,1-3H3;6-10H,4-5H2,1-3H3;5-8,13H,4H2,1-3H3/q;;+1;;;/p-1. The molecule has 15 rings (SSSR count). The van der Waals surface area contributed by atoms with Gasteiger partial charge in [0.2, 0.25) is 0 Å². The van der Waals surface area contributed by atoms with E-state index >= 15 is 0 Å². The van der Waals surface area contributed by atoms with Crippen LogP contribution in [0.4, 0.5) is 0 Å². The van der Waals surface area contributed by atoms with Crippen LogP contribution < -0.4 is 4.74 Å². The molecule has 5 aromatic rings. The van der Waals surface area contributed by atoms with E-state index in [1.165, 1.54) is 82.9 Å². The van der Waals surface area contributed by atoms with Crippen molar-refractivity contribution < 1.29 is 89.5 Å². The first-order valence-electron chi connectivity index (χ1n) is 43.3. The Kier molecular flexibility index (Phi) is 31.6. The molecule has 7 atom stereocenters. The molecule has 118 heavy (non-hydrogen) atoms. The summed E-state index contributed by atoms with van der Waals surface area (Å²) >= 11 is 0. The van der Waals surface area contributed by atoms with E-state index in [4.69, 9.17) is 43.0 Å². The Hall–Kier alpha value is -7.59. The minimum atomic E-state index is -4.42. The molecule has 19 nitrogen and oxygen atoms in total. The van der Waals surface area contributed by atoms with Crippen LogP contribution in [0, 0.1) is 62.1 Å². The normalized spacial score (nSPS) is 24.1. The van der Waals surface area contributed by atoms with Crippen LogP contribution in [-0.2, 0) is 101 Å². The molecule has 0 aromatic heterocycles. The zero-order chi connectivity index (χ0) is 86.5. The maximum Gasteiger partial charge on any atom is 0.316 e. The lowest BCUT2D eigenvalue weighted by Crippen LogP contribution is -2.60. The molecular weight excluding hydrogens is 1530 g/mol. The van der Waals surface area contributed by atoms with Gasteiger partial charge in [0.25, 0.3) is 0 Å².